The van der Waals surface area contributed by atoms with Crippen molar-refractivity contribution < 1.29 is 4.42 Å². The summed E-state index contributed by atoms with van der Waals surface area (Å²) in [6.45, 7) is 5.70. The third-order valence-electron chi connectivity index (χ3n) is 3.74. The number of rotatable bonds is 3. The van der Waals surface area contributed by atoms with Crippen molar-refractivity contribution in [1.82, 2.24) is 10.2 Å². The Kier molecular flexibility index (Phi) is 3.66. The van der Waals surface area contributed by atoms with Gasteiger partial charge in [-0.25, -0.2) is 0 Å². The second kappa shape index (κ2) is 5.02. The number of furan rings is 1. The second-order valence-corrected chi connectivity index (χ2v) is 5.00. The number of hydrogen-bond acceptors (Lipinski definition) is 3. The van der Waals surface area contributed by atoms with E-state index in [2.05, 4.69) is 31.1 Å². The van der Waals surface area contributed by atoms with Crippen molar-refractivity contribution in [2.75, 3.05) is 13.6 Å². The summed E-state index contributed by atoms with van der Waals surface area (Å²) in [5.41, 5.74) is 1.24. The lowest BCUT2D eigenvalue weighted by molar-refractivity contribution is 0.163. The van der Waals surface area contributed by atoms with E-state index in [0.29, 0.717) is 18.1 Å². The lowest BCUT2D eigenvalue weighted by atomic mass is 9.97. The van der Waals surface area contributed by atoms with Crippen molar-refractivity contribution >= 4 is 0 Å². The molecule has 0 radical (unpaired) electrons. The van der Waals surface area contributed by atoms with Gasteiger partial charge in [-0.3, -0.25) is 0 Å². The van der Waals surface area contributed by atoms with E-state index in [1.807, 2.05) is 12.3 Å². The fraction of sp³-hybridized carbons (Fsp3) is 0.692. The van der Waals surface area contributed by atoms with E-state index in [4.69, 9.17) is 4.42 Å². The minimum absolute atomic E-state index is 0.388. The van der Waals surface area contributed by atoms with Crippen LogP contribution in [-0.4, -0.2) is 30.6 Å². The van der Waals surface area contributed by atoms with Gasteiger partial charge in [-0.15, -0.1) is 0 Å². The normalized spacial score (nSPS) is 29.2. The van der Waals surface area contributed by atoms with E-state index < -0.39 is 0 Å². The van der Waals surface area contributed by atoms with Crippen LogP contribution >= 0.6 is 0 Å². The molecule has 0 aromatic carbocycles. The summed E-state index contributed by atoms with van der Waals surface area (Å²) in [6, 6.07) is 3.74. The lowest BCUT2D eigenvalue weighted by Gasteiger charge is -2.36. The van der Waals surface area contributed by atoms with Crippen molar-refractivity contribution in [1.29, 1.82) is 0 Å². The summed E-state index contributed by atoms with van der Waals surface area (Å²) in [4.78, 5) is 2.43. The number of piperidine rings is 1. The minimum atomic E-state index is 0.388. The molecule has 1 aliphatic rings. The highest BCUT2D eigenvalue weighted by atomic mass is 16.3. The molecule has 0 aliphatic carbocycles. The van der Waals surface area contributed by atoms with Crippen molar-refractivity contribution in [2.24, 2.45) is 0 Å². The van der Waals surface area contributed by atoms with Crippen LogP contribution in [0.2, 0.25) is 0 Å². The summed E-state index contributed by atoms with van der Waals surface area (Å²) in [5.74, 6) is 0. The smallest absolute Gasteiger partial charge is 0.0950 e. The summed E-state index contributed by atoms with van der Waals surface area (Å²) in [7, 11) is 2.21. The molecule has 0 spiro atoms. The standard InChI is InChI=1S/C13H22N2O/c1-10-8-13(4-6-15(10)3)14-11(2)12-5-7-16-9-12/h5,7,9-11,13-14H,4,6,8H2,1-3H3. The van der Waals surface area contributed by atoms with Gasteiger partial charge in [-0.1, -0.05) is 0 Å². The van der Waals surface area contributed by atoms with Crippen LogP contribution in [0.1, 0.15) is 38.3 Å². The van der Waals surface area contributed by atoms with Gasteiger partial charge in [0, 0.05) is 23.7 Å². The first-order chi connectivity index (χ1) is 7.66. The van der Waals surface area contributed by atoms with E-state index in [9.17, 15) is 0 Å². The highest BCUT2D eigenvalue weighted by molar-refractivity contribution is 5.10. The molecular formula is C13H22N2O. The zero-order valence-corrected chi connectivity index (χ0v) is 10.4. The molecule has 3 atom stereocenters. The molecule has 2 heterocycles. The highest BCUT2D eigenvalue weighted by Gasteiger charge is 2.23. The molecule has 3 unspecified atom stereocenters. The maximum atomic E-state index is 5.11. The van der Waals surface area contributed by atoms with E-state index in [1.54, 1.807) is 6.26 Å². The molecule has 0 bridgehead atoms. The Labute approximate surface area is 97.8 Å². The summed E-state index contributed by atoms with van der Waals surface area (Å²) >= 11 is 0. The van der Waals surface area contributed by atoms with Gasteiger partial charge in [0.05, 0.1) is 12.5 Å². The first-order valence-corrected chi connectivity index (χ1v) is 6.15. The van der Waals surface area contributed by atoms with E-state index >= 15 is 0 Å². The molecule has 2 rings (SSSR count). The number of hydrogen-bond donors (Lipinski definition) is 1. The molecule has 1 aromatic rings. The fourth-order valence-corrected chi connectivity index (χ4v) is 2.41. The molecule has 0 amide bonds. The molecule has 3 nitrogen and oxygen atoms in total. The molecule has 1 aromatic heterocycles. The first kappa shape index (κ1) is 11.7. The van der Waals surface area contributed by atoms with Gasteiger partial charge >= 0.3 is 0 Å². The van der Waals surface area contributed by atoms with Crippen molar-refractivity contribution in [3.8, 4) is 0 Å². The molecule has 1 fully saturated rings. The van der Waals surface area contributed by atoms with Crippen molar-refractivity contribution in [2.45, 2.75) is 44.8 Å². The summed E-state index contributed by atoms with van der Waals surface area (Å²) in [5, 5.41) is 3.69. The predicted molar refractivity (Wildman–Crippen MR) is 65.4 cm³/mol. The van der Waals surface area contributed by atoms with Crippen LogP contribution in [0.5, 0.6) is 0 Å². The SMILES string of the molecule is CC(NC1CCN(C)C(C)C1)c1ccoc1. The number of likely N-dealkylation sites (tertiary alicyclic amines) is 1. The third-order valence-corrected chi connectivity index (χ3v) is 3.74. The molecule has 0 saturated carbocycles. The molecule has 16 heavy (non-hydrogen) atoms. The van der Waals surface area contributed by atoms with E-state index in [-0.39, 0.29) is 0 Å². The predicted octanol–water partition coefficient (Wildman–Crippen LogP) is 2.41. The zero-order chi connectivity index (χ0) is 11.5. The van der Waals surface area contributed by atoms with Crippen LogP contribution in [0.3, 0.4) is 0 Å². The van der Waals surface area contributed by atoms with Gasteiger partial charge in [0.1, 0.15) is 0 Å². The Morgan fingerprint density at radius 1 is 1.56 bits per heavy atom. The topological polar surface area (TPSA) is 28.4 Å². The van der Waals surface area contributed by atoms with Gasteiger partial charge < -0.3 is 14.6 Å². The average Bonchev–Trinajstić information content (AvgIpc) is 2.77. The second-order valence-electron chi connectivity index (χ2n) is 5.00. The average molecular weight is 222 g/mol. The van der Waals surface area contributed by atoms with Crippen LogP contribution in [0.15, 0.2) is 23.0 Å². The maximum Gasteiger partial charge on any atom is 0.0950 e. The van der Waals surface area contributed by atoms with Gasteiger partial charge in [0.15, 0.2) is 0 Å². The highest BCUT2D eigenvalue weighted by Crippen LogP contribution is 2.20. The Hall–Kier alpha value is -0.800. The van der Waals surface area contributed by atoms with Gasteiger partial charge in [0.2, 0.25) is 0 Å². The van der Waals surface area contributed by atoms with Crippen molar-refractivity contribution in [3.63, 3.8) is 0 Å². The van der Waals surface area contributed by atoms with Crippen LogP contribution in [0.4, 0.5) is 0 Å². The van der Waals surface area contributed by atoms with E-state index in [1.165, 1.54) is 24.9 Å². The summed E-state index contributed by atoms with van der Waals surface area (Å²) < 4.78 is 5.11. The van der Waals surface area contributed by atoms with E-state index in [0.717, 1.165) is 0 Å². The lowest BCUT2D eigenvalue weighted by Crippen LogP contribution is -2.46. The molecule has 1 saturated heterocycles. The number of nitrogens with zero attached hydrogens (tertiary/aromatic N) is 1. The van der Waals surface area contributed by atoms with Crippen molar-refractivity contribution in [3.05, 3.63) is 24.2 Å². The first-order valence-electron chi connectivity index (χ1n) is 6.15. The molecule has 1 N–H and O–H groups in total. The Balaban J connectivity index is 1.86. The monoisotopic (exact) mass is 222 g/mol. The molecule has 90 valence electrons. The van der Waals surface area contributed by atoms with Crippen LogP contribution < -0.4 is 5.32 Å². The fourth-order valence-electron chi connectivity index (χ4n) is 2.41. The van der Waals surface area contributed by atoms with Crippen LogP contribution in [0.25, 0.3) is 0 Å². The third kappa shape index (κ3) is 2.66. The Morgan fingerprint density at radius 2 is 2.38 bits per heavy atom. The van der Waals surface area contributed by atoms with Crippen LogP contribution in [0, 0.1) is 0 Å². The summed E-state index contributed by atoms with van der Waals surface area (Å²) in [6.07, 6.45) is 6.04. The maximum absolute atomic E-state index is 5.11. The van der Waals surface area contributed by atoms with Gasteiger partial charge in [-0.05, 0) is 46.3 Å². The molecular weight excluding hydrogens is 200 g/mol. The molecule has 3 heteroatoms. The van der Waals surface area contributed by atoms with Crippen LogP contribution in [-0.2, 0) is 0 Å². The Morgan fingerprint density at radius 3 is 3.00 bits per heavy atom. The molecule has 1 aliphatic heterocycles. The van der Waals surface area contributed by atoms with Gasteiger partial charge in [-0.2, -0.15) is 0 Å². The zero-order valence-electron chi connectivity index (χ0n) is 10.4. The Bertz CT molecular complexity index is 310. The largest absolute Gasteiger partial charge is 0.472 e. The number of nitrogens with one attached hydrogen (secondary N) is 1. The quantitative estimate of drug-likeness (QED) is 0.851. The van der Waals surface area contributed by atoms with Gasteiger partial charge in [0.25, 0.3) is 0 Å². The minimum Gasteiger partial charge on any atom is -0.472 e.